The van der Waals surface area contributed by atoms with Crippen LogP contribution in [0.4, 0.5) is 0 Å². The van der Waals surface area contributed by atoms with Gasteiger partial charge in [0.05, 0.1) is 5.92 Å². The van der Waals surface area contributed by atoms with E-state index in [1.165, 1.54) is 0 Å². The van der Waals surface area contributed by atoms with Gasteiger partial charge < -0.3 is 14.6 Å². The van der Waals surface area contributed by atoms with Gasteiger partial charge in [0, 0.05) is 31.1 Å². The molecule has 0 radical (unpaired) electrons. The zero-order valence-electron chi connectivity index (χ0n) is 15.9. The standard InChI is InChI=1S/C21H21N5O3/c27-17-8-7-16(23-17)21(28)26-11-3-5-14(12-26)19-24-25-20(29-19)18-15-6-2-1-4-13(15)9-10-22-18/h1-2,4,6,9-10,14,16H,3,5,7-8,11-12H2,(H,23,27). The topological polar surface area (TPSA) is 101 Å². The Bertz CT molecular complexity index is 1070. The third kappa shape index (κ3) is 3.35. The van der Waals surface area contributed by atoms with Crippen LogP contribution in [0.3, 0.4) is 0 Å². The summed E-state index contributed by atoms with van der Waals surface area (Å²) in [6.45, 7) is 1.21. The molecule has 0 saturated carbocycles. The number of carbonyl (C=O) groups excluding carboxylic acids is 2. The maximum Gasteiger partial charge on any atom is 0.266 e. The van der Waals surface area contributed by atoms with E-state index in [9.17, 15) is 9.59 Å². The minimum Gasteiger partial charge on any atom is -0.419 e. The smallest absolute Gasteiger partial charge is 0.266 e. The summed E-state index contributed by atoms with van der Waals surface area (Å²) < 4.78 is 6.00. The summed E-state index contributed by atoms with van der Waals surface area (Å²) in [5, 5.41) is 13.3. The highest BCUT2D eigenvalue weighted by Crippen LogP contribution is 2.31. The normalized spacial score (nSPS) is 22.1. The molecule has 2 unspecified atom stereocenters. The molecule has 0 spiro atoms. The van der Waals surface area contributed by atoms with Gasteiger partial charge in [0.1, 0.15) is 11.7 Å². The molecule has 2 fully saturated rings. The zero-order valence-corrected chi connectivity index (χ0v) is 15.9. The van der Waals surface area contributed by atoms with E-state index in [0.717, 1.165) is 23.6 Å². The maximum absolute atomic E-state index is 12.7. The number of hydrogen-bond acceptors (Lipinski definition) is 6. The molecule has 0 aliphatic carbocycles. The Labute approximate surface area is 167 Å². The number of amides is 2. The molecular formula is C21H21N5O3. The molecule has 29 heavy (non-hydrogen) atoms. The number of hydrogen-bond donors (Lipinski definition) is 1. The molecule has 0 bridgehead atoms. The number of aromatic nitrogens is 3. The van der Waals surface area contributed by atoms with E-state index in [1.54, 1.807) is 6.20 Å². The number of pyridine rings is 1. The molecular weight excluding hydrogens is 370 g/mol. The van der Waals surface area contributed by atoms with Crippen molar-refractivity contribution in [3.8, 4) is 11.6 Å². The van der Waals surface area contributed by atoms with Crippen molar-refractivity contribution in [2.24, 2.45) is 0 Å². The van der Waals surface area contributed by atoms with Gasteiger partial charge in [0.2, 0.25) is 17.7 Å². The Morgan fingerprint density at radius 1 is 1.17 bits per heavy atom. The second-order valence-corrected chi connectivity index (χ2v) is 7.61. The minimum absolute atomic E-state index is 0.0129. The lowest BCUT2D eigenvalue weighted by atomic mass is 9.97. The first-order chi connectivity index (χ1) is 14.2. The van der Waals surface area contributed by atoms with Crippen molar-refractivity contribution in [1.29, 1.82) is 0 Å². The van der Waals surface area contributed by atoms with E-state index >= 15 is 0 Å². The third-order valence-electron chi connectivity index (χ3n) is 5.69. The molecule has 2 saturated heterocycles. The molecule has 1 N–H and O–H groups in total. The molecule has 1 aromatic carbocycles. The predicted molar refractivity (Wildman–Crippen MR) is 105 cm³/mol. The van der Waals surface area contributed by atoms with Crippen LogP contribution in [0.25, 0.3) is 22.4 Å². The van der Waals surface area contributed by atoms with Crippen LogP contribution < -0.4 is 5.32 Å². The maximum atomic E-state index is 12.7. The Hall–Kier alpha value is -3.29. The highest BCUT2D eigenvalue weighted by atomic mass is 16.4. The van der Waals surface area contributed by atoms with Crippen LogP contribution in [0, 0.1) is 0 Å². The lowest BCUT2D eigenvalue weighted by molar-refractivity contribution is -0.135. The number of nitrogens with zero attached hydrogens (tertiary/aromatic N) is 4. The fourth-order valence-corrected chi connectivity index (χ4v) is 4.18. The number of piperidine rings is 1. The summed E-state index contributed by atoms with van der Waals surface area (Å²) in [5.74, 6) is 0.837. The number of nitrogens with one attached hydrogen (secondary N) is 1. The lowest BCUT2D eigenvalue weighted by Crippen LogP contribution is -2.48. The van der Waals surface area contributed by atoms with Gasteiger partial charge in [-0.1, -0.05) is 24.3 Å². The van der Waals surface area contributed by atoms with Crippen LogP contribution in [-0.2, 0) is 9.59 Å². The average molecular weight is 391 g/mol. The van der Waals surface area contributed by atoms with Crippen molar-refractivity contribution in [3.05, 3.63) is 42.4 Å². The molecule has 5 rings (SSSR count). The Kier molecular flexibility index (Phi) is 4.46. The van der Waals surface area contributed by atoms with Crippen molar-refractivity contribution < 1.29 is 14.0 Å². The van der Waals surface area contributed by atoms with E-state index < -0.39 is 6.04 Å². The summed E-state index contributed by atoms with van der Waals surface area (Å²) in [4.78, 5) is 30.4. The number of carbonyl (C=O) groups is 2. The minimum atomic E-state index is -0.403. The molecule has 2 amide bonds. The Morgan fingerprint density at radius 2 is 2.07 bits per heavy atom. The fraction of sp³-hybridized carbons (Fsp3) is 0.381. The highest BCUT2D eigenvalue weighted by molar-refractivity contribution is 5.92. The zero-order chi connectivity index (χ0) is 19.8. The summed E-state index contributed by atoms with van der Waals surface area (Å²) in [5.41, 5.74) is 0.666. The number of likely N-dealkylation sites (tertiary alicyclic amines) is 1. The van der Waals surface area contributed by atoms with E-state index in [-0.39, 0.29) is 17.7 Å². The van der Waals surface area contributed by atoms with E-state index in [2.05, 4.69) is 20.5 Å². The molecule has 2 aliphatic rings. The van der Waals surface area contributed by atoms with E-state index in [4.69, 9.17) is 4.42 Å². The molecule has 8 nitrogen and oxygen atoms in total. The predicted octanol–water partition coefficient (Wildman–Crippen LogP) is 2.27. The van der Waals surface area contributed by atoms with Crippen LogP contribution in [0.1, 0.15) is 37.5 Å². The number of rotatable bonds is 3. The van der Waals surface area contributed by atoms with Crippen molar-refractivity contribution in [1.82, 2.24) is 25.4 Å². The Morgan fingerprint density at radius 3 is 2.93 bits per heavy atom. The molecule has 8 heteroatoms. The van der Waals surface area contributed by atoms with Gasteiger partial charge in [-0.25, -0.2) is 0 Å². The fourth-order valence-electron chi connectivity index (χ4n) is 4.18. The number of fused-ring (bicyclic) bond motifs is 1. The van der Waals surface area contributed by atoms with Crippen LogP contribution in [0.15, 0.2) is 40.9 Å². The van der Waals surface area contributed by atoms with Crippen LogP contribution in [0.5, 0.6) is 0 Å². The first-order valence-electron chi connectivity index (χ1n) is 9.95. The summed E-state index contributed by atoms with van der Waals surface area (Å²) in [6, 6.07) is 9.48. The Balaban J connectivity index is 1.36. The van der Waals surface area contributed by atoms with Crippen molar-refractivity contribution in [2.45, 2.75) is 37.6 Å². The quantitative estimate of drug-likeness (QED) is 0.735. The van der Waals surface area contributed by atoms with Crippen molar-refractivity contribution >= 4 is 22.6 Å². The van der Waals surface area contributed by atoms with Crippen molar-refractivity contribution in [2.75, 3.05) is 13.1 Å². The molecule has 3 aromatic rings. The second kappa shape index (κ2) is 7.27. The first kappa shape index (κ1) is 17.8. The highest BCUT2D eigenvalue weighted by Gasteiger charge is 2.35. The van der Waals surface area contributed by atoms with Gasteiger partial charge >= 0.3 is 0 Å². The van der Waals surface area contributed by atoms with Crippen molar-refractivity contribution in [3.63, 3.8) is 0 Å². The van der Waals surface area contributed by atoms with Gasteiger partial charge in [0.25, 0.3) is 5.89 Å². The largest absolute Gasteiger partial charge is 0.419 e. The summed E-state index contributed by atoms with van der Waals surface area (Å²) in [7, 11) is 0. The third-order valence-corrected chi connectivity index (χ3v) is 5.69. The molecule has 2 atom stereocenters. The second-order valence-electron chi connectivity index (χ2n) is 7.61. The number of benzene rings is 1. The van der Waals surface area contributed by atoms with Crippen LogP contribution >= 0.6 is 0 Å². The lowest BCUT2D eigenvalue weighted by Gasteiger charge is -2.32. The van der Waals surface area contributed by atoms with Gasteiger partial charge in [0.15, 0.2) is 0 Å². The first-order valence-corrected chi connectivity index (χ1v) is 9.95. The average Bonchev–Trinajstić information content (AvgIpc) is 3.42. The van der Waals surface area contributed by atoms with Gasteiger partial charge in [-0.05, 0) is 30.7 Å². The monoisotopic (exact) mass is 391 g/mol. The SMILES string of the molecule is O=C1CCC(C(=O)N2CCCC(c3nnc(-c4nccc5ccccc45)o3)C2)N1. The van der Waals surface area contributed by atoms with Gasteiger partial charge in [-0.3, -0.25) is 14.6 Å². The van der Waals surface area contributed by atoms with E-state index in [1.807, 2.05) is 35.2 Å². The molecule has 2 aliphatic heterocycles. The van der Waals surface area contributed by atoms with Crippen LogP contribution in [0.2, 0.25) is 0 Å². The van der Waals surface area contributed by atoms with E-state index in [0.29, 0.717) is 43.4 Å². The summed E-state index contributed by atoms with van der Waals surface area (Å²) >= 11 is 0. The van der Waals surface area contributed by atoms with Crippen LogP contribution in [-0.4, -0.2) is 51.0 Å². The molecule has 2 aromatic heterocycles. The van der Waals surface area contributed by atoms with Gasteiger partial charge in [-0.2, -0.15) is 0 Å². The summed E-state index contributed by atoms with van der Waals surface area (Å²) in [6.07, 6.45) is 4.46. The molecule has 4 heterocycles. The van der Waals surface area contributed by atoms with Gasteiger partial charge in [-0.15, -0.1) is 10.2 Å². The molecule has 148 valence electrons.